The van der Waals surface area contributed by atoms with Crippen molar-refractivity contribution in [2.75, 3.05) is 6.61 Å². The third-order valence-electron chi connectivity index (χ3n) is 4.25. The van der Waals surface area contributed by atoms with Gasteiger partial charge in [0.25, 0.3) is 5.91 Å². The number of aryl methyl sites for hydroxylation is 1. The number of nitrogens with one attached hydrogen (secondary N) is 1. The van der Waals surface area contributed by atoms with Gasteiger partial charge in [-0.3, -0.25) is 4.79 Å². The van der Waals surface area contributed by atoms with Crippen molar-refractivity contribution in [2.24, 2.45) is 0 Å². The lowest BCUT2D eigenvalue weighted by Crippen LogP contribution is -2.39. The molecule has 0 bridgehead atoms. The van der Waals surface area contributed by atoms with Crippen molar-refractivity contribution in [3.05, 3.63) is 41.0 Å². The van der Waals surface area contributed by atoms with E-state index in [1.54, 1.807) is 18.2 Å². The molecule has 1 fully saturated rings. The van der Waals surface area contributed by atoms with Gasteiger partial charge < -0.3 is 10.1 Å². The average molecular weight is 360 g/mol. The van der Waals surface area contributed by atoms with Gasteiger partial charge >= 0.3 is 0 Å². The van der Waals surface area contributed by atoms with Gasteiger partial charge in [0.2, 0.25) is 5.88 Å². The van der Waals surface area contributed by atoms with Gasteiger partial charge in [-0.05, 0) is 44.0 Å². The molecule has 132 valence electrons. The normalized spacial score (nSPS) is 15.0. The fourth-order valence-electron chi connectivity index (χ4n) is 3.00. The van der Waals surface area contributed by atoms with E-state index in [0.29, 0.717) is 16.7 Å². The van der Waals surface area contributed by atoms with Crippen molar-refractivity contribution in [2.45, 2.75) is 45.1 Å². The minimum absolute atomic E-state index is 0.0347. The highest BCUT2D eigenvalue weighted by Gasteiger charge is 2.16. The predicted octanol–water partition coefficient (Wildman–Crippen LogP) is 3.93. The summed E-state index contributed by atoms with van der Waals surface area (Å²) in [5, 5.41) is 3.69. The van der Waals surface area contributed by atoms with Crippen molar-refractivity contribution in [3.63, 3.8) is 0 Å². The number of carbonyl (C=O) groups is 1. The van der Waals surface area contributed by atoms with Crippen molar-refractivity contribution in [3.8, 4) is 17.3 Å². The first-order valence-electron chi connectivity index (χ1n) is 8.64. The van der Waals surface area contributed by atoms with Gasteiger partial charge in [-0.2, -0.15) is 4.98 Å². The molecule has 1 aliphatic rings. The van der Waals surface area contributed by atoms with Gasteiger partial charge in [-0.25, -0.2) is 4.98 Å². The zero-order valence-corrected chi connectivity index (χ0v) is 15.1. The van der Waals surface area contributed by atoms with E-state index in [0.717, 1.165) is 24.1 Å². The van der Waals surface area contributed by atoms with E-state index in [1.165, 1.54) is 19.3 Å². The Hall–Kier alpha value is -2.14. The summed E-state index contributed by atoms with van der Waals surface area (Å²) in [4.78, 5) is 20.9. The molecule has 0 atom stereocenters. The van der Waals surface area contributed by atoms with E-state index in [1.807, 2.05) is 19.1 Å². The molecule has 0 spiro atoms. The Bertz CT molecular complexity index is 728. The molecule has 1 amide bonds. The summed E-state index contributed by atoms with van der Waals surface area (Å²) >= 11 is 5.92. The molecule has 1 heterocycles. The van der Waals surface area contributed by atoms with E-state index in [9.17, 15) is 4.79 Å². The Balaban J connectivity index is 1.62. The maximum absolute atomic E-state index is 12.1. The van der Waals surface area contributed by atoms with Crippen molar-refractivity contribution >= 4 is 17.5 Å². The first kappa shape index (κ1) is 17.7. The molecule has 3 rings (SSSR count). The number of halogens is 1. The molecule has 1 aliphatic carbocycles. The summed E-state index contributed by atoms with van der Waals surface area (Å²) in [6.07, 6.45) is 5.73. The second-order valence-corrected chi connectivity index (χ2v) is 6.81. The van der Waals surface area contributed by atoms with Crippen LogP contribution in [0.25, 0.3) is 11.4 Å². The van der Waals surface area contributed by atoms with Crippen LogP contribution in [0.5, 0.6) is 5.88 Å². The van der Waals surface area contributed by atoms with Crippen LogP contribution in [0.15, 0.2) is 30.3 Å². The molecular weight excluding hydrogens is 338 g/mol. The fourth-order valence-corrected chi connectivity index (χ4v) is 3.12. The van der Waals surface area contributed by atoms with Crippen LogP contribution in [0.1, 0.15) is 37.8 Å². The van der Waals surface area contributed by atoms with Crippen molar-refractivity contribution in [1.82, 2.24) is 15.3 Å². The number of rotatable bonds is 5. The first-order valence-corrected chi connectivity index (χ1v) is 9.02. The van der Waals surface area contributed by atoms with Crippen LogP contribution in [-0.2, 0) is 4.79 Å². The number of amides is 1. The van der Waals surface area contributed by atoms with Crippen LogP contribution in [0, 0.1) is 6.92 Å². The number of hydrogen-bond donors (Lipinski definition) is 1. The maximum Gasteiger partial charge on any atom is 0.258 e. The molecule has 1 saturated carbocycles. The minimum atomic E-state index is -0.101. The van der Waals surface area contributed by atoms with E-state index < -0.39 is 0 Å². The molecule has 0 unspecified atom stereocenters. The van der Waals surface area contributed by atoms with Gasteiger partial charge in [-0.15, -0.1) is 0 Å². The second-order valence-electron chi connectivity index (χ2n) is 6.37. The SMILES string of the molecule is Cc1cc(OCC(=O)NC2CCCCC2)nc(-c2ccc(Cl)cc2)n1. The Morgan fingerprint density at radius 3 is 2.64 bits per heavy atom. The third-order valence-corrected chi connectivity index (χ3v) is 4.51. The Kier molecular flexibility index (Phi) is 5.87. The van der Waals surface area contributed by atoms with Gasteiger partial charge in [-0.1, -0.05) is 30.9 Å². The number of ether oxygens (including phenoxy) is 1. The summed E-state index contributed by atoms with van der Waals surface area (Å²) in [5.74, 6) is 0.854. The molecular formula is C19H22ClN3O2. The largest absolute Gasteiger partial charge is 0.467 e. The van der Waals surface area contributed by atoms with E-state index in [2.05, 4.69) is 15.3 Å². The Labute approximate surface area is 152 Å². The zero-order chi connectivity index (χ0) is 17.6. The Morgan fingerprint density at radius 2 is 1.92 bits per heavy atom. The second kappa shape index (κ2) is 8.30. The van der Waals surface area contributed by atoms with Crippen molar-refractivity contribution in [1.29, 1.82) is 0 Å². The van der Waals surface area contributed by atoms with Crippen LogP contribution in [0.3, 0.4) is 0 Å². The monoisotopic (exact) mass is 359 g/mol. The third kappa shape index (κ3) is 5.16. The van der Waals surface area contributed by atoms with Crippen molar-refractivity contribution < 1.29 is 9.53 Å². The maximum atomic E-state index is 12.1. The molecule has 0 radical (unpaired) electrons. The molecule has 0 saturated heterocycles. The fraction of sp³-hybridized carbons (Fsp3) is 0.421. The lowest BCUT2D eigenvalue weighted by atomic mass is 9.95. The molecule has 25 heavy (non-hydrogen) atoms. The summed E-state index contributed by atoms with van der Waals surface area (Å²) < 4.78 is 5.59. The molecule has 0 aliphatic heterocycles. The molecule has 5 nitrogen and oxygen atoms in total. The molecule has 1 N–H and O–H groups in total. The van der Waals surface area contributed by atoms with Gasteiger partial charge in [0, 0.05) is 28.4 Å². The highest BCUT2D eigenvalue weighted by molar-refractivity contribution is 6.30. The minimum Gasteiger partial charge on any atom is -0.467 e. The van der Waals surface area contributed by atoms with E-state index in [4.69, 9.17) is 16.3 Å². The van der Waals surface area contributed by atoms with Crippen LogP contribution < -0.4 is 10.1 Å². The zero-order valence-electron chi connectivity index (χ0n) is 14.3. The summed E-state index contributed by atoms with van der Waals surface area (Å²) in [5.41, 5.74) is 1.63. The highest BCUT2D eigenvalue weighted by Crippen LogP contribution is 2.21. The lowest BCUT2D eigenvalue weighted by Gasteiger charge is -2.22. The van der Waals surface area contributed by atoms with Crippen LogP contribution in [0.2, 0.25) is 5.02 Å². The number of nitrogens with zero attached hydrogens (tertiary/aromatic N) is 2. The first-order chi connectivity index (χ1) is 12.1. The predicted molar refractivity (Wildman–Crippen MR) is 97.7 cm³/mol. The number of benzene rings is 1. The standard InChI is InChI=1S/C19H22ClN3O2/c1-13-11-18(23-19(21-13)14-7-9-15(20)10-8-14)25-12-17(24)22-16-5-3-2-4-6-16/h7-11,16H,2-6,12H2,1H3,(H,22,24). The number of aromatic nitrogens is 2. The molecule has 1 aromatic heterocycles. The van der Waals surface area contributed by atoms with Crippen LogP contribution >= 0.6 is 11.6 Å². The highest BCUT2D eigenvalue weighted by atomic mass is 35.5. The van der Waals surface area contributed by atoms with Gasteiger partial charge in [0.15, 0.2) is 12.4 Å². The van der Waals surface area contributed by atoms with E-state index in [-0.39, 0.29) is 18.6 Å². The molecule has 6 heteroatoms. The summed E-state index contributed by atoms with van der Waals surface area (Å²) in [7, 11) is 0. The molecule has 2 aromatic rings. The summed E-state index contributed by atoms with van der Waals surface area (Å²) in [6, 6.07) is 9.31. The van der Waals surface area contributed by atoms with Gasteiger partial charge in [0.1, 0.15) is 0 Å². The van der Waals surface area contributed by atoms with Gasteiger partial charge in [0.05, 0.1) is 0 Å². The topological polar surface area (TPSA) is 64.1 Å². The van der Waals surface area contributed by atoms with Crippen LogP contribution in [0.4, 0.5) is 0 Å². The quantitative estimate of drug-likeness (QED) is 0.878. The summed E-state index contributed by atoms with van der Waals surface area (Å²) in [6.45, 7) is 1.84. The molecule has 1 aromatic carbocycles. The number of carbonyl (C=O) groups excluding carboxylic acids is 1. The van der Waals surface area contributed by atoms with Crippen LogP contribution in [-0.4, -0.2) is 28.5 Å². The number of hydrogen-bond acceptors (Lipinski definition) is 4. The Morgan fingerprint density at radius 1 is 1.20 bits per heavy atom. The smallest absolute Gasteiger partial charge is 0.258 e. The average Bonchev–Trinajstić information content (AvgIpc) is 2.61. The van der Waals surface area contributed by atoms with E-state index >= 15 is 0 Å². The lowest BCUT2D eigenvalue weighted by molar-refractivity contribution is -0.124.